The maximum atomic E-state index is 10.3. The molecule has 10 heavy (non-hydrogen) atoms. The fourth-order valence-electron chi connectivity index (χ4n) is 1.44. The van der Waals surface area contributed by atoms with Gasteiger partial charge in [-0.05, 0) is 24.7 Å². The van der Waals surface area contributed by atoms with Crippen LogP contribution in [0.3, 0.4) is 0 Å². The van der Waals surface area contributed by atoms with Gasteiger partial charge in [0.1, 0.15) is 0 Å². The topological polar surface area (TPSA) is 37.3 Å². The van der Waals surface area contributed by atoms with Crippen LogP contribution in [-0.2, 0) is 4.79 Å². The van der Waals surface area contributed by atoms with Crippen LogP contribution in [0.5, 0.6) is 0 Å². The Morgan fingerprint density at radius 1 is 1.70 bits per heavy atom. The summed E-state index contributed by atoms with van der Waals surface area (Å²) in [4.78, 5) is 10.3. The average Bonchev–Trinajstić information content (AvgIpc) is 2.63. The Bertz CT molecular complexity index is 127. The molecule has 1 atom stereocenters. The Kier molecular flexibility index (Phi) is 2.30. The number of carboxylic acids is 1. The number of rotatable bonds is 4. The van der Waals surface area contributed by atoms with Gasteiger partial charge in [-0.25, -0.2) is 0 Å². The van der Waals surface area contributed by atoms with Gasteiger partial charge in [-0.2, -0.15) is 0 Å². The minimum absolute atomic E-state index is 0.376. The Morgan fingerprint density at radius 3 is 2.60 bits per heavy atom. The monoisotopic (exact) mass is 142 g/mol. The first-order chi connectivity index (χ1) is 4.74. The zero-order valence-corrected chi connectivity index (χ0v) is 6.34. The maximum absolute atomic E-state index is 10.3. The number of carboxylic acid groups (broad SMARTS) is 1. The summed E-state index contributed by atoms with van der Waals surface area (Å²) in [6.07, 6.45) is 3.91. The lowest BCUT2D eigenvalue weighted by Crippen LogP contribution is -2.08. The second-order valence-electron chi connectivity index (χ2n) is 3.10. The maximum Gasteiger partial charge on any atom is 0.303 e. The molecule has 0 aromatic heterocycles. The third kappa shape index (κ3) is 2.01. The lowest BCUT2D eigenvalue weighted by molar-refractivity contribution is -0.138. The Balaban J connectivity index is 2.25. The van der Waals surface area contributed by atoms with Crippen LogP contribution in [0.2, 0.25) is 0 Å². The molecule has 2 heteroatoms. The molecule has 0 radical (unpaired) electrons. The van der Waals surface area contributed by atoms with Gasteiger partial charge in [0.25, 0.3) is 0 Å². The van der Waals surface area contributed by atoms with Crippen molar-refractivity contribution in [1.82, 2.24) is 0 Å². The second-order valence-corrected chi connectivity index (χ2v) is 3.10. The molecule has 0 saturated heterocycles. The van der Waals surface area contributed by atoms with Gasteiger partial charge < -0.3 is 5.11 Å². The highest BCUT2D eigenvalue weighted by molar-refractivity contribution is 5.67. The minimum Gasteiger partial charge on any atom is -0.481 e. The molecule has 0 aliphatic heterocycles. The van der Waals surface area contributed by atoms with E-state index in [4.69, 9.17) is 5.11 Å². The van der Waals surface area contributed by atoms with E-state index < -0.39 is 5.97 Å². The Hall–Kier alpha value is -0.530. The van der Waals surface area contributed by atoms with E-state index in [9.17, 15) is 4.79 Å². The van der Waals surface area contributed by atoms with Gasteiger partial charge in [0.05, 0.1) is 0 Å². The van der Waals surface area contributed by atoms with Crippen molar-refractivity contribution in [1.29, 1.82) is 0 Å². The predicted octanol–water partition coefficient (Wildman–Crippen LogP) is 1.90. The molecule has 1 aliphatic carbocycles. The molecule has 0 aromatic carbocycles. The lowest BCUT2D eigenvalue weighted by atomic mass is 9.97. The first-order valence-electron chi connectivity index (χ1n) is 3.95. The van der Waals surface area contributed by atoms with Crippen molar-refractivity contribution in [3.8, 4) is 0 Å². The summed E-state index contributed by atoms with van der Waals surface area (Å²) < 4.78 is 0. The summed E-state index contributed by atoms with van der Waals surface area (Å²) in [7, 11) is 0. The van der Waals surface area contributed by atoms with Crippen LogP contribution in [0.1, 0.15) is 32.6 Å². The minimum atomic E-state index is -0.640. The number of hydrogen-bond acceptors (Lipinski definition) is 1. The van der Waals surface area contributed by atoms with Gasteiger partial charge in [0.15, 0.2) is 0 Å². The molecule has 1 fully saturated rings. The molecule has 0 spiro atoms. The molecule has 0 bridgehead atoms. The Morgan fingerprint density at radius 2 is 2.30 bits per heavy atom. The van der Waals surface area contributed by atoms with Crippen molar-refractivity contribution in [2.24, 2.45) is 11.8 Å². The first-order valence-corrected chi connectivity index (χ1v) is 3.95. The van der Waals surface area contributed by atoms with E-state index in [0.717, 1.165) is 12.3 Å². The highest BCUT2D eigenvalue weighted by Gasteiger charge is 2.30. The first kappa shape index (κ1) is 7.58. The third-order valence-corrected chi connectivity index (χ3v) is 2.25. The second kappa shape index (κ2) is 3.04. The van der Waals surface area contributed by atoms with Crippen molar-refractivity contribution < 1.29 is 9.90 Å². The number of hydrogen-bond donors (Lipinski definition) is 1. The summed E-state index contributed by atoms with van der Waals surface area (Å²) in [5, 5.41) is 8.49. The fourth-order valence-corrected chi connectivity index (χ4v) is 1.44. The molecular formula is C8H14O2. The molecule has 0 unspecified atom stereocenters. The summed E-state index contributed by atoms with van der Waals surface area (Å²) in [5.74, 6) is 0.553. The Labute approximate surface area is 61.2 Å². The van der Waals surface area contributed by atoms with Crippen LogP contribution < -0.4 is 0 Å². The molecule has 58 valence electrons. The molecule has 1 saturated carbocycles. The molecule has 0 heterocycles. The molecule has 0 amide bonds. The molecule has 0 aromatic rings. The van der Waals surface area contributed by atoms with Crippen molar-refractivity contribution >= 4 is 5.97 Å². The standard InChI is InChI=1S/C8H14O2/c1-2-6(5-8(9)10)7-3-4-7/h6-7H,2-5H2,1H3,(H,9,10)/t6-/m0/s1. The van der Waals surface area contributed by atoms with E-state index in [-0.39, 0.29) is 0 Å². The average molecular weight is 142 g/mol. The SMILES string of the molecule is CC[C@@H](CC(=O)O)C1CC1. The largest absolute Gasteiger partial charge is 0.481 e. The van der Waals surface area contributed by atoms with Crippen molar-refractivity contribution in [2.45, 2.75) is 32.6 Å². The van der Waals surface area contributed by atoms with Gasteiger partial charge in [0.2, 0.25) is 0 Å². The summed E-state index contributed by atoms with van der Waals surface area (Å²) in [6, 6.07) is 0. The predicted molar refractivity (Wildman–Crippen MR) is 38.8 cm³/mol. The van der Waals surface area contributed by atoms with E-state index in [1.807, 2.05) is 0 Å². The van der Waals surface area contributed by atoms with Gasteiger partial charge in [0, 0.05) is 6.42 Å². The van der Waals surface area contributed by atoms with E-state index in [0.29, 0.717) is 12.3 Å². The van der Waals surface area contributed by atoms with Gasteiger partial charge in [-0.3, -0.25) is 4.79 Å². The fraction of sp³-hybridized carbons (Fsp3) is 0.875. The summed E-state index contributed by atoms with van der Waals surface area (Å²) >= 11 is 0. The van der Waals surface area contributed by atoms with Crippen LogP contribution in [0, 0.1) is 11.8 Å². The normalized spacial score (nSPS) is 20.5. The van der Waals surface area contributed by atoms with Crippen LogP contribution in [-0.4, -0.2) is 11.1 Å². The van der Waals surface area contributed by atoms with Crippen LogP contribution >= 0.6 is 0 Å². The summed E-state index contributed by atoms with van der Waals surface area (Å²) in [5.41, 5.74) is 0. The van der Waals surface area contributed by atoms with Crippen molar-refractivity contribution in [3.63, 3.8) is 0 Å². The molecule has 2 nitrogen and oxygen atoms in total. The summed E-state index contributed by atoms with van der Waals surface area (Å²) in [6.45, 7) is 2.08. The smallest absolute Gasteiger partial charge is 0.303 e. The molecular weight excluding hydrogens is 128 g/mol. The van der Waals surface area contributed by atoms with E-state index in [1.165, 1.54) is 12.8 Å². The third-order valence-electron chi connectivity index (χ3n) is 2.25. The molecule has 1 rings (SSSR count). The number of aliphatic carboxylic acids is 1. The highest BCUT2D eigenvalue weighted by atomic mass is 16.4. The van der Waals surface area contributed by atoms with E-state index in [1.54, 1.807) is 0 Å². The van der Waals surface area contributed by atoms with E-state index in [2.05, 4.69) is 6.92 Å². The zero-order valence-electron chi connectivity index (χ0n) is 6.34. The van der Waals surface area contributed by atoms with Gasteiger partial charge >= 0.3 is 5.97 Å². The lowest BCUT2D eigenvalue weighted by Gasteiger charge is -2.08. The van der Waals surface area contributed by atoms with Crippen LogP contribution in [0.4, 0.5) is 0 Å². The van der Waals surface area contributed by atoms with Crippen molar-refractivity contribution in [3.05, 3.63) is 0 Å². The molecule has 1 N–H and O–H groups in total. The van der Waals surface area contributed by atoms with Crippen molar-refractivity contribution in [2.75, 3.05) is 0 Å². The highest BCUT2D eigenvalue weighted by Crippen LogP contribution is 2.39. The van der Waals surface area contributed by atoms with Gasteiger partial charge in [-0.15, -0.1) is 0 Å². The molecule has 1 aliphatic rings. The number of carbonyl (C=O) groups is 1. The zero-order chi connectivity index (χ0) is 7.56. The van der Waals surface area contributed by atoms with Crippen LogP contribution in [0.25, 0.3) is 0 Å². The van der Waals surface area contributed by atoms with Crippen LogP contribution in [0.15, 0.2) is 0 Å². The quantitative estimate of drug-likeness (QED) is 0.650. The van der Waals surface area contributed by atoms with Gasteiger partial charge in [-0.1, -0.05) is 13.3 Å². The van der Waals surface area contributed by atoms with E-state index >= 15 is 0 Å².